The maximum absolute atomic E-state index is 12.2. The number of carbonyl (C=O) groups is 2. The zero-order valence-electron chi connectivity index (χ0n) is 11.8. The summed E-state index contributed by atoms with van der Waals surface area (Å²) >= 11 is 0. The second-order valence-electron chi connectivity index (χ2n) is 5.43. The van der Waals surface area contributed by atoms with Crippen molar-refractivity contribution in [3.8, 4) is 0 Å². The topological polar surface area (TPSA) is 52.7 Å². The van der Waals surface area contributed by atoms with Gasteiger partial charge in [0, 0.05) is 38.6 Å². The number of carbonyl (C=O) groups excluding carboxylic acids is 2. The molecule has 2 amide bonds. The zero-order chi connectivity index (χ0) is 13.2. The van der Waals surface area contributed by atoms with Crippen LogP contribution in [0.5, 0.6) is 0 Å². The fourth-order valence-electron chi connectivity index (χ4n) is 2.56. The third-order valence-corrected chi connectivity index (χ3v) is 4.17. The predicted octanol–water partition coefficient (Wildman–Crippen LogP) is 0.489. The third-order valence-electron chi connectivity index (χ3n) is 4.17. The summed E-state index contributed by atoms with van der Waals surface area (Å²) in [4.78, 5) is 27.7. The van der Waals surface area contributed by atoms with Crippen molar-refractivity contribution in [2.24, 2.45) is 5.41 Å². The van der Waals surface area contributed by atoms with Gasteiger partial charge in [-0.05, 0) is 19.3 Å². The number of likely N-dealkylation sites (N-methyl/N-ethyl adjacent to an activating group) is 1. The van der Waals surface area contributed by atoms with Gasteiger partial charge in [-0.2, -0.15) is 0 Å². The highest BCUT2D eigenvalue weighted by Gasteiger charge is 2.49. The van der Waals surface area contributed by atoms with Crippen molar-refractivity contribution >= 4 is 24.2 Å². The number of nitrogens with one attached hydrogen (secondary N) is 1. The molecule has 0 aromatic rings. The van der Waals surface area contributed by atoms with E-state index in [4.69, 9.17) is 0 Å². The number of halogens is 1. The molecule has 0 unspecified atom stereocenters. The summed E-state index contributed by atoms with van der Waals surface area (Å²) in [5.41, 5.74) is -0.140. The zero-order valence-corrected chi connectivity index (χ0v) is 12.6. The summed E-state index contributed by atoms with van der Waals surface area (Å²) in [7, 11) is 1.75. The highest BCUT2D eigenvalue weighted by atomic mass is 35.5. The van der Waals surface area contributed by atoms with E-state index in [0.29, 0.717) is 0 Å². The normalized spacial score (nSPS) is 20.4. The van der Waals surface area contributed by atoms with E-state index >= 15 is 0 Å². The van der Waals surface area contributed by atoms with Gasteiger partial charge < -0.3 is 15.1 Å². The minimum atomic E-state index is -0.140. The van der Waals surface area contributed by atoms with Crippen LogP contribution in [0.1, 0.15) is 26.2 Å². The maximum Gasteiger partial charge on any atom is 0.242 e. The molecule has 1 aliphatic heterocycles. The number of nitrogens with zero attached hydrogens (tertiary/aromatic N) is 2. The Hall–Kier alpha value is -0.810. The Morgan fingerprint density at radius 2 is 1.84 bits per heavy atom. The van der Waals surface area contributed by atoms with Crippen molar-refractivity contribution in [2.75, 3.05) is 39.8 Å². The summed E-state index contributed by atoms with van der Waals surface area (Å²) in [5, 5.41) is 3.21. The van der Waals surface area contributed by atoms with E-state index in [1.54, 1.807) is 11.9 Å². The largest absolute Gasteiger partial charge is 0.339 e. The highest BCUT2D eigenvalue weighted by Crippen LogP contribution is 2.49. The molecule has 2 aliphatic rings. The molecule has 2 fully saturated rings. The second kappa shape index (κ2) is 6.57. The molecule has 0 aromatic carbocycles. The van der Waals surface area contributed by atoms with Gasteiger partial charge in [0.1, 0.15) is 0 Å². The van der Waals surface area contributed by atoms with E-state index in [9.17, 15) is 9.59 Å². The lowest BCUT2D eigenvalue weighted by Gasteiger charge is -2.30. The third kappa shape index (κ3) is 3.60. The summed E-state index contributed by atoms with van der Waals surface area (Å²) in [6.45, 7) is 5.47. The molecule has 19 heavy (non-hydrogen) atoms. The van der Waals surface area contributed by atoms with E-state index in [1.165, 1.54) is 0 Å². The molecular formula is C13H24ClN3O2. The van der Waals surface area contributed by atoms with Crippen LogP contribution in [0, 0.1) is 5.41 Å². The van der Waals surface area contributed by atoms with Gasteiger partial charge in [0.15, 0.2) is 0 Å². The predicted molar refractivity (Wildman–Crippen MR) is 76.3 cm³/mol. The smallest absolute Gasteiger partial charge is 0.242 e. The lowest BCUT2D eigenvalue weighted by Crippen LogP contribution is -2.50. The molecule has 1 N–H and O–H groups in total. The Labute approximate surface area is 121 Å². The number of piperazine rings is 1. The van der Waals surface area contributed by atoms with Crippen molar-refractivity contribution in [3.63, 3.8) is 0 Å². The Morgan fingerprint density at radius 1 is 1.26 bits per heavy atom. The molecule has 0 radical (unpaired) electrons. The van der Waals surface area contributed by atoms with E-state index in [2.05, 4.69) is 12.2 Å². The highest BCUT2D eigenvalue weighted by molar-refractivity contribution is 5.89. The van der Waals surface area contributed by atoms with Crippen LogP contribution in [0.25, 0.3) is 0 Å². The first-order valence-corrected chi connectivity index (χ1v) is 6.83. The quantitative estimate of drug-likeness (QED) is 0.819. The molecule has 1 heterocycles. The Kier molecular flexibility index (Phi) is 5.62. The minimum Gasteiger partial charge on any atom is -0.339 e. The molecule has 5 nitrogen and oxygen atoms in total. The summed E-state index contributed by atoms with van der Waals surface area (Å²) in [5.74, 6) is 0.215. The molecule has 6 heteroatoms. The van der Waals surface area contributed by atoms with Crippen LogP contribution in [0.4, 0.5) is 0 Å². The van der Waals surface area contributed by atoms with Crippen LogP contribution >= 0.6 is 12.4 Å². The lowest BCUT2D eigenvalue weighted by atomic mass is 10.0. The monoisotopic (exact) mass is 289 g/mol. The van der Waals surface area contributed by atoms with Gasteiger partial charge in [0.25, 0.3) is 0 Å². The number of hydrogen-bond acceptors (Lipinski definition) is 3. The van der Waals surface area contributed by atoms with Gasteiger partial charge in [-0.1, -0.05) is 6.92 Å². The molecule has 0 aromatic heterocycles. The van der Waals surface area contributed by atoms with Crippen molar-refractivity contribution in [3.05, 3.63) is 0 Å². The van der Waals surface area contributed by atoms with Crippen molar-refractivity contribution in [1.29, 1.82) is 0 Å². The summed E-state index contributed by atoms with van der Waals surface area (Å²) in [6, 6.07) is 0. The molecule has 0 atom stereocenters. The first-order valence-electron chi connectivity index (χ1n) is 6.83. The van der Waals surface area contributed by atoms with Crippen LogP contribution in [-0.2, 0) is 9.59 Å². The molecular weight excluding hydrogens is 266 g/mol. The van der Waals surface area contributed by atoms with E-state index in [1.807, 2.05) is 4.90 Å². The summed E-state index contributed by atoms with van der Waals surface area (Å²) < 4.78 is 0. The van der Waals surface area contributed by atoms with Crippen LogP contribution in [0.15, 0.2) is 0 Å². The average molecular weight is 290 g/mol. The fraction of sp³-hybridized carbons (Fsp3) is 0.846. The van der Waals surface area contributed by atoms with Crippen molar-refractivity contribution in [1.82, 2.24) is 15.1 Å². The fourth-order valence-corrected chi connectivity index (χ4v) is 2.56. The van der Waals surface area contributed by atoms with Gasteiger partial charge >= 0.3 is 0 Å². The van der Waals surface area contributed by atoms with Gasteiger partial charge in [-0.25, -0.2) is 0 Å². The van der Waals surface area contributed by atoms with Gasteiger partial charge in [-0.3, -0.25) is 9.59 Å². The number of hydrogen-bond donors (Lipinski definition) is 1. The average Bonchev–Trinajstić information content (AvgIpc) is 3.19. The number of rotatable bonds is 4. The standard InChI is InChI=1S/C13H23N3O2.ClH/c1-3-13(4-5-13)12(18)15(2)10-11(17)16-8-6-14-7-9-16;/h14H,3-10H2,1-2H3;1H. The minimum absolute atomic E-state index is 0. The molecule has 1 saturated heterocycles. The Bertz CT molecular complexity index is 339. The maximum atomic E-state index is 12.2. The molecule has 1 saturated carbocycles. The SMILES string of the molecule is CCC1(C(=O)N(C)CC(=O)N2CCNCC2)CC1.Cl. The molecule has 2 rings (SSSR count). The van der Waals surface area contributed by atoms with Crippen LogP contribution in [-0.4, -0.2) is 61.4 Å². The second-order valence-corrected chi connectivity index (χ2v) is 5.43. The van der Waals surface area contributed by atoms with Crippen molar-refractivity contribution < 1.29 is 9.59 Å². The van der Waals surface area contributed by atoms with Crippen molar-refractivity contribution in [2.45, 2.75) is 26.2 Å². The van der Waals surface area contributed by atoms with Gasteiger partial charge in [0.2, 0.25) is 11.8 Å². The first-order chi connectivity index (χ1) is 8.59. The van der Waals surface area contributed by atoms with Crippen LogP contribution < -0.4 is 5.32 Å². The Balaban J connectivity index is 0.00000180. The van der Waals surface area contributed by atoms with E-state index in [0.717, 1.165) is 45.4 Å². The molecule has 110 valence electrons. The van der Waals surface area contributed by atoms with E-state index < -0.39 is 0 Å². The number of amides is 2. The summed E-state index contributed by atoms with van der Waals surface area (Å²) in [6.07, 6.45) is 2.85. The molecule has 0 bridgehead atoms. The van der Waals surface area contributed by atoms with Gasteiger partial charge in [-0.15, -0.1) is 12.4 Å². The lowest BCUT2D eigenvalue weighted by molar-refractivity contribution is -0.142. The van der Waals surface area contributed by atoms with Gasteiger partial charge in [0.05, 0.1) is 6.54 Å². The van der Waals surface area contributed by atoms with Crippen LogP contribution in [0.2, 0.25) is 0 Å². The Morgan fingerprint density at radius 3 is 2.32 bits per heavy atom. The van der Waals surface area contributed by atoms with E-state index in [-0.39, 0.29) is 36.2 Å². The van der Waals surface area contributed by atoms with Crippen LogP contribution in [0.3, 0.4) is 0 Å². The first kappa shape index (κ1) is 16.2. The molecule has 1 aliphatic carbocycles. The molecule has 0 spiro atoms.